The molecule has 1 heterocycles. The first-order chi connectivity index (χ1) is 13.4. The average molecular weight is 435 g/mol. The predicted octanol–water partition coefficient (Wildman–Crippen LogP) is 5.44. The zero-order valence-corrected chi connectivity index (χ0v) is 16.8. The van der Waals surface area contributed by atoms with Gasteiger partial charge < -0.3 is 5.32 Å². The number of hydrogen-bond acceptors (Lipinski definition) is 5. The Hall–Kier alpha value is -2.67. The van der Waals surface area contributed by atoms with Gasteiger partial charge in [-0.25, -0.2) is 4.98 Å². The number of carbonyl (C=O) groups excluding carboxylic acids is 1. The van der Waals surface area contributed by atoms with Gasteiger partial charge in [0.05, 0.1) is 11.9 Å². The van der Waals surface area contributed by atoms with Gasteiger partial charge in [0.15, 0.2) is 5.82 Å². The number of hydrogen-bond donors (Lipinski definition) is 2. The Kier molecular flexibility index (Phi) is 6.46. The number of halogens is 3. The van der Waals surface area contributed by atoms with Crippen LogP contribution in [0.25, 0.3) is 0 Å². The minimum atomic E-state index is -0.402. The standard InChI is InChI=1S/C19H14Cl3N5O/c1-11-16(18(28)25-15-8-6-14(21)7-9-15)17(26-19(22)24-11)27-23-10-12-2-4-13(20)5-3-12/h2-10H,1H3,(H,25,28)(H,24,26,27)/b23-10+. The van der Waals surface area contributed by atoms with E-state index in [9.17, 15) is 4.79 Å². The summed E-state index contributed by atoms with van der Waals surface area (Å²) >= 11 is 17.7. The molecule has 3 aromatic rings. The summed E-state index contributed by atoms with van der Waals surface area (Å²) in [6.45, 7) is 1.67. The van der Waals surface area contributed by atoms with E-state index in [1.807, 2.05) is 0 Å². The summed E-state index contributed by atoms with van der Waals surface area (Å²) in [6, 6.07) is 13.9. The normalized spacial score (nSPS) is 10.9. The molecule has 6 nitrogen and oxygen atoms in total. The maximum atomic E-state index is 12.7. The third-order valence-corrected chi connectivity index (χ3v) is 4.32. The molecule has 3 rings (SSSR count). The second kappa shape index (κ2) is 9.01. The van der Waals surface area contributed by atoms with Crippen LogP contribution < -0.4 is 10.7 Å². The lowest BCUT2D eigenvalue weighted by molar-refractivity contribution is 0.102. The molecule has 142 valence electrons. The minimum absolute atomic E-state index is 0.00439. The number of hydrazone groups is 1. The Morgan fingerprint density at radius 1 is 0.964 bits per heavy atom. The van der Waals surface area contributed by atoms with Crippen LogP contribution in [0.4, 0.5) is 11.5 Å². The molecule has 1 aromatic heterocycles. The molecule has 28 heavy (non-hydrogen) atoms. The third kappa shape index (κ3) is 5.19. The van der Waals surface area contributed by atoms with Crippen LogP contribution in [0, 0.1) is 6.92 Å². The van der Waals surface area contributed by atoms with Crippen LogP contribution in [0.3, 0.4) is 0 Å². The van der Waals surface area contributed by atoms with Crippen molar-refractivity contribution in [2.45, 2.75) is 6.92 Å². The van der Waals surface area contributed by atoms with E-state index >= 15 is 0 Å². The number of aromatic nitrogens is 2. The second-order valence-electron chi connectivity index (χ2n) is 5.68. The molecule has 0 saturated heterocycles. The van der Waals surface area contributed by atoms with E-state index in [-0.39, 0.29) is 16.7 Å². The molecule has 0 spiro atoms. The highest BCUT2D eigenvalue weighted by Crippen LogP contribution is 2.21. The van der Waals surface area contributed by atoms with E-state index in [0.29, 0.717) is 21.4 Å². The van der Waals surface area contributed by atoms with Gasteiger partial charge in [-0.2, -0.15) is 10.1 Å². The van der Waals surface area contributed by atoms with E-state index in [1.165, 1.54) is 0 Å². The Morgan fingerprint density at radius 2 is 1.57 bits per heavy atom. The molecule has 0 unspecified atom stereocenters. The number of nitrogens with zero attached hydrogens (tertiary/aromatic N) is 3. The number of carbonyl (C=O) groups is 1. The smallest absolute Gasteiger partial charge is 0.261 e. The molecule has 0 radical (unpaired) electrons. The molecular weight excluding hydrogens is 421 g/mol. The number of rotatable bonds is 5. The number of nitrogens with one attached hydrogen (secondary N) is 2. The van der Waals surface area contributed by atoms with Crippen molar-refractivity contribution in [3.8, 4) is 0 Å². The molecule has 9 heteroatoms. The Labute approximate surface area is 176 Å². The maximum absolute atomic E-state index is 12.7. The maximum Gasteiger partial charge on any atom is 0.261 e. The summed E-state index contributed by atoms with van der Waals surface area (Å²) in [7, 11) is 0. The SMILES string of the molecule is Cc1nc(Cl)nc(N/N=C/c2ccc(Cl)cc2)c1C(=O)Nc1ccc(Cl)cc1. The fourth-order valence-electron chi connectivity index (χ4n) is 2.34. The van der Waals surface area contributed by atoms with Crippen molar-refractivity contribution in [3.05, 3.63) is 80.7 Å². The van der Waals surface area contributed by atoms with Gasteiger partial charge in [-0.3, -0.25) is 10.2 Å². The highest BCUT2D eigenvalue weighted by Gasteiger charge is 2.18. The van der Waals surface area contributed by atoms with Crippen LogP contribution >= 0.6 is 34.8 Å². The summed E-state index contributed by atoms with van der Waals surface area (Å²) in [5.41, 5.74) is 4.80. The summed E-state index contributed by atoms with van der Waals surface area (Å²) in [6.07, 6.45) is 1.57. The van der Waals surface area contributed by atoms with Crippen LogP contribution in [0.5, 0.6) is 0 Å². The summed E-state index contributed by atoms with van der Waals surface area (Å²) in [5, 5.41) is 8.10. The van der Waals surface area contributed by atoms with Crippen LogP contribution in [0.15, 0.2) is 53.6 Å². The molecule has 2 N–H and O–H groups in total. The largest absolute Gasteiger partial charge is 0.322 e. The van der Waals surface area contributed by atoms with E-state index < -0.39 is 5.91 Å². The summed E-state index contributed by atoms with van der Waals surface area (Å²) in [4.78, 5) is 20.9. The first-order valence-electron chi connectivity index (χ1n) is 8.08. The van der Waals surface area contributed by atoms with E-state index in [2.05, 4.69) is 25.8 Å². The monoisotopic (exact) mass is 433 g/mol. The van der Waals surface area contributed by atoms with E-state index in [4.69, 9.17) is 34.8 Å². The van der Waals surface area contributed by atoms with Gasteiger partial charge in [0.25, 0.3) is 5.91 Å². The van der Waals surface area contributed by atoms with Gasteiger partial charge >= 0.3 is 0 Å². The fourth-order valence-corrected chi connectivity index (χ4v) is 2.80. The second-order valence-corrected chi connectivity index (χ2v) is 6.90. The molecule has 0 aliphatic rings. The topological polar surface area (TPSA) is 79.3 Å². The zero-order chi connectivity index (χ0) is 20.1. The number of aryl methyl sites for hydroxylation is 1. The van der Waals surface area contributed by atoms with Crippen LogP contribution in [-0.2, 0) is 0 Å². The number of anilines is 2. The van der Waals surface area contributed by atoms with Crippen molar-refractivity contribution < 1.29 is 4.79 Å². The average Bonchev–Trinajstić information content (AvgIpc) is 2.64. The van der Waals surface area contributed by atoms with E-state index in [0.717, 1.165) is 5.56 Å². The van der Waals surface area contributed by atoms with Gasteiger partial charge in [-0.15, -0.1) is 0 Å². The van der Waals surface area contributed by atoms with Crippen LogP contribution in [0.2, 0.25) is 15.3 Å². The first kappa shape index (κ1) is 20.1. The van der Waals surface area contributed by atoms with Crippen molar-refractivity contribution in [2.75, 3.05) is 10.7 Å². The molecule has 0 aliphatic carbocycles. The molecule has 0 fully saturated rings. The van der Waals surface area contributed by atoms with E-state index in [1.54, 1.807) is 61.7 Å². The highest BCUT2D eigenvalue weighted by molar-refractivity contribution is 6.31. The zero-order valence-electron chi connectivity index (χ0n) is 14.6. The fraction of sp³-hybridized carbons (Fsp3) is 0.0526. The predicted molar refractivity (Wildman–Crippen MR) is 114 cm³/mol. The molecule has 0 aliphatic heterocycles. The molecule has 0 saturated carbocycles. The van der Waals surface area contributed by atoms with Crippen molar-refractivity contribution in [3.63, 3.8) is 0 Å². The van der Waals surface area contributed by atoms with Gasteiger partial charge in [-0.05, 0) is 60.5 Å². The minimum Gasteiger partial charge on any atom is -0.322 e. The molecular formula is C19H14Cl3N5O. The number of benzene rings is 2. The summed E-state index contributed by atoms with van der Waals surface area (Å²) < 4.78 is 0. The Balaban J connectivity index is 1.83. The highest BCUT2D eigenvalue weighted by atomic mass is 35.5. The summed E-state index contributed by atoms with van der Waals surface area (Å²) in [5.74, 6) is -0.213. The Morgan fingerprint density at radius 3 is 2.21 bits per heavy atom. The van der Waals surface area contributed by atoms with Gasteiger partial charge in [0, 0.05) is 15.7 Å². The van der Waals surface area contributed by atoms with Crippen molar-refractivity contribution >= 4 is 58.4 Å². The lowest BCUT2D eigenvalue weighted by Gasteiger charge is -2.11. The van der Waals surface area contributed by atoms with Crippen LogP contribution in [-0.4, -0.2) is 22.1 Å². The molecule has 1 amide bonds. The molecule has 0 bridgehead atoms. The van der Waals surface area contributed by atoms with Gasteiger partial charge in [-0.1, -0.05) is 35.3 Å². The van der Waals surface area contributed by atoms with Gasteiger partial charge in [0.1, 0.15) is 5.56 Å². The van der Waals surface area contributed by atoms with Crippen LogP contribution in [0.1, 0.15) is 21.6 Å². The van der Waals surface area contributed by atoms with Gasteiger partial charge in [0.2, 0.25) is 5.28 Å². The third-order valence-electron chi connectivity index (χ3n) is 3.65. The molecule has 0 atom stereocenters. The molecule has 2 aromatic carbocycles. The van der Waals surface area contributed by atoms with Crippen molar-refractivity contribution in [1.82, 2.24) is 9.97 Å². The lowest BCUT2D eigenvalue weighted by Crippen LogP contribution is -2.17. The van der Waals surface area contributed by atoms with Crippen molar-refractivity contribution in [1.29, 1.82) is 0 Å². The lowest BCUT2D eigenvalue weighted by atomic mass is 10.2. The van der Waals surface area contributed by atoms with Crippen molar-refractivity contribution in [2.24, 2.45) is 5.10 Å². The Bertz CT molecular complexity index is 1020. The quantitative estimate of drug-likeness (QED) is 0.318. The number of amides is 1. The first-order valence-corrected chi connectivity index (χ1v) is 9.21.